The standard InChI is InChI=1S/C22H32N2O/c1-16(18-7-3-4-8-18)24-13-11-22(12-14-24)15-21(23-17(2)25)19-9-5-6-10-20(19)22/h5-6,9-10,16,18,21H,3-4,7-8,11-15H2,1-2H3,(H,23,25). The van der Waals surface area contributed by atoms with Crippen LogP contribution in [0, 0.1) is 5.92 Å². The third-order valence-corrected chi connectivity index (χ3v) is 7.29. The van der Waals surface area contributed by atoms with E-state index >= 15 is 0 Å². The molecule has 1 heterocycles. The van der Waals surface area contributed by atoms with Crippen LogP contribution in [0.1, 0.15) is 76.0 Å². The van der Waals surface area contributed by atoms with Crippen molar-refractivity contribution in [2.75, 3.05) is 13.1 Å². The normalized spacial score (nSPS) is 27.4. The molecule has 2 aliphatic carbocycles. The molecule has 1 N–H and O–H groups in total. The number of hydrogen-bond donors (Lipinski definition) is 1. The van der Waals surface area contributed by atoms with Crippen molar-refractivity contribution < 1.29 is 4.79 Å². The molecule has 0 radical (unpaired) electrons. The maximum atomic E-state index is 11.6. The Hall–Kier alpha value is -1.35. The van der Waals surface area contributed by atoms with Crippen LogP contribution < -0.4 is 5.32 Å². The number of carbonyl (C=O) groups excluding carboxylic acids is 1. The Bertz CT molecular complexity index is 627. The van der Waals surface area contributed by atoms with Gasteiger partial charge in [-0.15, -0.1) is 0 Å². The molecule has 2 atom stereocenters. The van der Waals surface area contributed by atoms with Gasteiger partial charge in [-0.2, -0.15) is 0 Å². The smallest absolute Gasteiger partial charge is 0.217 e. The van der Waals surface area contributed by atoms with Crippen molar-refractivity contribution in [1.29, 1.82) is 0 Å². The van der Waals surface area contributed by atoms with Crippen molar-refractivity contribution in [3.8, 4) is 0 Å². The minimum Gasteiger partial charge on any atom is -0.349 e. The SMILES string of the molecule is CC(=O)NC1CC2(CCN(C(C)C3CCCC3)CC2)c2ccccc21. The Morgan fingerprint density at radius 1 is 1.20 bits per heavy atom. The summed E-state index contributed by atoms with van der Waals surface area (Å²) in [7, 11) is 0. The van der Waals surface area contributed by atoms with Gasteiger partial charge in [0.05, 0.1) is 6.04 Å². The lowest BCUT2D eigenvalue weighted by Crippen LogP contribution is -2.47. The average Bonchev–Trinajstić information content (AvgIpc) is 3.23. The molecule has 2 unspecified atom stereocenters. The van der Waals surface area contributed by atoms with Gasteiger partial charge >= 0.3 is 0 Å². The average molecular weight is 341 g/mol. The fourth-order valence-corrected chi connectivity index (χ4v) is 5.84. The summed E-state index contributed by atoms with van der Waals surface area (Å²) in [5.41, 5.74) is 3.13. The minimum atomic E-state index is 0.0872. The van der Waals surface area contributed by atoms with E-state index in [2.05, 4.69) is 41.4 Å². The molecule has 1 spiro atoms. The zero-order valence-corrected chi connectivity index (χ0v) is 15.8. The van der Waals surface area contributed by atoms with Gasteiger partial charge in [0.2, 0.25) is 5.91 Å². The molecule has 3 aliphatic rings. The van der Waals surface area contributed by atoms with E-state index < -0.39 is 0 Å². The highest BCUT2D eigenvalue weighted by Crippen LogP contribution is 2.51. The number of nitrogens with zero attached hydrogens (tertiary/aromatic N) is 1. The maximum absolute atomic E-state index is 11.6. The first-order valence-electron chi connectivity index (χ1n) is 10.2. The summed E-state index contributed by atoms with van der Waals surface area (Å²) in [6, 6.07) is 9.76. The van der Waals surface area contributed by atoms with Gasteiger partial charge in [-0.3, -0.25) is 4.79 Å². The molecule has 3 nitrogen and oxygen atoms in total. The largest absolute Gasteiger partial charge is 0.349 e. The third-order valence-electron chi connectivity index (χ3n) is 7.29. The monoisotopic (exact) mass is 340 g/mol. The molecule has 3 heteroatoms. The van der Waals surface area contributed by atoms with E-state index in [1.807, 2.05) is 0 Å². The molecular weight excluding hydrogens is 308 g/mol. The Labute approximate surface area is 152 Å². The molecule has 1 aromatic carbocycles. The summed E-state index contributed by atoms with van der Waals surface area (Å²) < 4.78 is 0. The van der Waals surface area contributed by atoms with Crippen LogP contribution in [0.4, 0.5) is 0 Å². The molecular formula is C22H32N2O. The van der Waals surface area contributed by atoms with Crippen LogP contribution in [0.25, 0.3) is 0 Å². The van der Waals surface area contributed by atoms with Crippen molar-refractivity contribution in [2.45, 2.75) is 76.3 Å². The molecule has 2 fully saturated rings. The van der Waals surface area contributed by atoms with E-state index in [4.69, 9.17) is 0 Å². The molecule has 25 heavy (non-hydrogen) atoms. The first-order chi connectivity index (χ1) is 12.1. The van der Waals surface area contributed by atoms with Gasteiger partial charge in [-0.05, 0) is 69.2 Å². The number of piperidine rings is 1. The topological polar surface area (TPSA) is 32.3 Å². The number of likely N-dealkylation sites (tertiary alicyclic amines) is 1. The van der Waals surface area contributed by atoms with Crippen molar-refractivity contribution in [3.05, 3.63) is 35.4 Å². The highest BCUT2D eigenvalue weighted by atomic mass is 16.1. The van der Waals surface area contributed by atoms with Crippen molar-refractivity contribution in [3.63, 3.8) is 0 Å². The van der Waals surface area contributed by atoms with Gasteiger partial charge in [-0.25, -0.2) is 0 Å². The Balaban J connectivity index is 1.49. The molecule has 0 aromatic heterocycles. The predicted octanol–water partition coefficient (Wildman–Crippen LogP) is 4.18. The lowest BCUT2D eigenvalue weighted by atomic mass is 9.73. The zero-order valence-electron chi connectivity index (χ0n) is 15.8. The highest BCUT2D eigenvalue weighted by molar-refractivity contribution is 5.73. The lowest BCUT2D eigenvalue weighted by molar-refractivity contribution is -0.119. The second kappa shape index (κ2) is 6.75. The summed E-state index contributed by atoms with van der Waals surface area (Å²) in [6.07, 6.45) is 9.26. The molecule has 0 bridgehead atoms. The molecule has 1 aliphatic heterocycles. The third kappa shape index (κ3) is 3.12. The number of benzene rings is 1. The summed E-state index contributed by atoms with van der Waals surface area (Å²) in [4.78, 5) is 14.4. The molecule has 1 saturated carbocycles. The quantitative estimate of drug-likeness (QED) is 0.895. The summed E-state index contributed by atoms with van der Waals surface area (Å²) in [6.45, 7) is 6.51. The molecule has 1 amide bonds. The van der Waals surface area contributed by atoms with Crippen LogP contribution in [-0.4, -0.2) is 29.9 Å². The van der Waals surface area contributed by atoms with Crippen LogP contribution in [0.2, 0.25) is 0 Å². The van der Waals surface area contributed by atoms with E-state index in [0.717, 1.165) is 18.4 Å². The van der Waals surface area contributed by atoms with Crippen LogP contribution in [0.5, 0.6) is 0 Å². The summed E-state index contributed by atoms with van der Waals surface area (Å²) in [5, 5.41) is 3.20. The van der Waals surface area contributed by atoms with E-state index in [-0.39, 0.29) is 17.4 Å². The number of hydrogen-bond acceptors (Lipinski definition) is 2. The van der Waals surface area contributed by atoms with Crippen molar-refractivity contribution in [2.24, 2.45) is 5.92 Å². The van der Waals surface area contributed by atoms with Crippen LogP contribution in [0.15, 0.2) is 24.3 Å². The molecule has 4 rings (SSSR count). The second-order valence-electron chi connectivity index (χ2n) is 8.65. The van der Waals surface area contributed by atoms with Crippen LogP contribution in [-0.2, 0) is 10.2 Å². The first kappa shape index (κ1) is 17.1. The zero-order chi connectivity index (χ0) is 17.4. The molecule has 136 valence electrons. The number of carbonyl (C=O) groups is 1. The van der Waals surface area contributed by atoms with Crippen LogP contribution >= 0.6 is 0 Å². The van der Waals surface area contributed by atoms with Gasteiger partial charge in [-0.1, -0.05) is 37.1 Å². The first-order valence-corrected chi connectivity index (χ1v) is 10.2. The van der Waals surface area contributed by atoms with E-state index in [1.165, 1.54) is 62.7 Å². The number of nitrogens with one attached hydrogen (secondary N) is 1. The van der Waals surface area contributed by atoms with E-state index in [0.29, 0.717) is 0 Å². The highest BCUT2D eigenvalue weighted by Gasteiger charge is 2.46. The Morgan fingerprint density at radius 3 is 2.56 bits per heavy atom. The fraction of sp³-hybridized carbons (Fsp3) is 0.682. The van der Waals surface area contributed by atoms with Gasteiger partial charge < -0.3 is 10.2 Å². The second-order valence-corrected chi connectivity index (χ2v) is 8.65. The van der Waals surface area contributed by atoms with Crippen LogP contribution in [0.3, 0.4) is 0 Å². The number of rotatable bonds is 3. The lowest BCUT2D eigenvalue weighted by Gasteiger charge is -2.44. The van der Waals surface area contributed by atoms with Gasteiger partial charge in [0.25, 0.3) is 0 Å². The van der Waals surface area contributed by atoms with Gasteiger partial charge in [0.1, 0.15) is 0 Å². The Kier molecular flexibility index (Phi) is 4.61. The van der Waals surface area contributed by atoms with E-state index in [1.54, 1.807) is 6.92 Å². The maximum Gasteiger partial charge on any atom is 0.217 e. The molecule has 1 saturated heterocycles. The molecule has 1 aromatic rings. The van der Waals surface area contributed by atoms with Gasteiger partial charge in [0.15, 0.2) is 0 Å². The summed E-state index contributed by atoms with van der Waals surface area (Å²) in [5.74, 6) is 1.00. The van der Waals surface area contributed by atoms with Crippen molar-refractivity contribution in [1.82, 2.24) is 10.2 Å². The van der Waals surface area contributed by atoms with Crippen molar-refractivity contribution >= 4 is 5.91 Å². The predicted molar refractivity (Wildman–Crippen MR) is 102 cm³/mol. The fourth-order valence-electron chi connectivity index (χ4n) is 5.84. The van der Waals surface area contributed by atoms with E-state index in [9.17, 15) is 4.79 Å². The Morgan fingerprint density at radius 2 is 1.88 bits per heavy atom. The summed E-state index contributed by atoms with van der Waals surface area (Å²) >= 11 is 0. The number of amides is 1. The van der Waals surface area contributed by atoms with Gasteiger partial charge in [0, 0.05) is 18.4 Å². The minimum absolute atomic E-state index is 0.0872. The number of fused-ring (bicyclic) bond motifs is 2.